The Hall–Kier alpha value is -1.52. The van der Waals surface area contributed by atoms with E-state index < -0.39 is 10.0 Å². The molecule has 3 heterocycles. The second-order valence-corrected chi connectivity index (χ2v) is 8.06. The van der Waals surface area contributed by atoms with Gasteiger partial charge in [0.1, 0.15) is 10.8 Å². The van der Waals surface area contributed by atoms with Crippen molar-refractivity contribution in [3.05, 3.63) is 17.0 Å². The first kappa shape index (κ1) is 15.4. The second-order valence-electron chi connectivity index (χ2n) is 5.24. The molecular formula is C12H18N6O2S2. The van der Waals surface area contributed by atoms with Crippen LogP contribution in [0.2, 0.25) is 0 Å². The number of nitrogens with one attached hydrogen (secondary N) is 1. The van der Waals surface area contributed by atoms with Crippen molar-refractivity contribution in [1.29, 1.82) is 0 Å². The van der Waals surface area contributed by atoms with Crippen molar-refractivity contribution in [3.8, 4) is 0 Å². The molecular weight excluding hydrogens is 324 g/mol. The van der Waals surface area contributed by atoms with Gasteiger partial charge in [-0.2, -0.15) is 0 Å². The average Bonchev–Trinajstić information content (AvgIpc) is 2.99. The fourth-order valence-electron chi connectivity index (χ4n) is 2.33. The number of aromatic nitrogens is 4. The van der Waals surface area contributed by atoms with Gasteiger partial charge in [0.25, 0.3) is 10.0 Å². The molecule has 0 radical (unpaired) electrons. The molecule has 1 aliphatic heterocycles. The molecule has 0 aromatic carbocycles. The summed E-state index contributed by atoms with van der Waals surface area (Å²) in [5.41, 5.74) is 0. The SMILES string of the molecule is CCn1cc(S(=O)(=O)NC2CN(c3nnc(C)s3)C2)nc1C. The Morgan fingerprint density at radius 2 is 2.09 bits per heavy atom. The van der Waals surface area contributed by atoms with E-state index in [9.17, 15) is 8.42 Å². The first-order chi connectivity index (χ1) is 10.4. The molecule has 3 rings (SSSR count). The molecule has 1 N–H and O–H groups in total. The van der Waals surface area contributed by atoms with Gasteiger partial charge in [0.05, 0.1) is 6.04 Å². The first-order valence-electron chi connectivity index (χ1n) is 7.00. The zero-order valence-electron chi connectivity index (χ0n) is 12.6. The summed E-state index contributed by atoms with van der Waals surface area (Å²) in [4.78, 5) is 6.13. The molecule has 0 bridgehead atoms. The number of rotatable bonds is 5. The minimum atomic E-state index is -3.57. The van der Waals surface area contributed by atoms with Crippen molar-refractivity contribution in [2.75, 3.05) is 18.0 Å². The summed E-state index contributed by atoms with van der Waals surface area (Å²) in [6.45, 7) is 7.54. The fourth-order valence-corrected chi connectivity index (χ4v) is 4.26. The van der Waals surface area contributed by atoms with Gasteiger partial charge in [-0.25, -0.2) is 18.1 Å². The van der Waals surface area contributed by atoms with E-state index in [4.69, 9.17) is 0 Å². The van der Waals surface area contributed by atoms with Crippen LogP contribution in [-0.2, 0) is 16.6 Å². The van der Waals surface area contributed by atoms with E-state index in [-0.39, 0.29) is 11.1 Å². The molecule has 0 atom stereocenters. The molecule has 8 nitrogen and oxygen atoms in total. The molecule has 2 aromatic heterocycles. The topological polar surface area (TPSA) is 93.0 Å². The molecule has 22 heavy (non-hydrogen) atoms. The number of anilines is 1. The van der Waals surface area contributed by atoms with E-state index in [1.165, 1.54) is 11.3 Å². The maximum atomic E-state index is 12.3. The lowest BCUT2D eigenvalue weighted by Crippen LogP contribution is -2.59. The van der Waals surface area contributed by atoms with Crippen LogP contribution in [0.25, 0.3) is 0 Å². The molecule has 1 fully saturated rings. The first-order valence-corrected chi connectivity index (χ1v) is 9.30. The molecule has 120 valence electrons. The molecule has 0 amide bonds. The Balaban J connectivity index is 1.64. The summed E-state index contributed by atoms with van der Waals surface area (Å²) >= 11 is 1.51. The lowest BCUT2D eigenvalue weighted by atomic mass is 10.1. The van der Waals surface area contributed by atoms with Crippen LogP contribution < -0.4 is 9.62 Å². The summed E-state index contributed by atoms with van der Waals surface area (Å²) in [7, 11) is -3.57. The van der Waals surface area contributed by atoms with Crippen molar-refractivity contribution in [2.45, 2.75) is 38.4 Å². The van der Waals surface area contributed by atoms with E-state index in [1.54, 1.807) is 13.1 Å². The largest absolute Gasteiger partial charge is 0.343 e. The Bertz CT molecular complexity index is 775. The number of sulfonamides is 1. The van der Waals surface area contributed by atoms with Crippen LogP contribution in [0.4, 0.5) is 5.13 Å². The smallest absolute Gasteiger partial charge is 0.259 e. The van der Waals surface area contributed by atoms with Gasteiger partial charge in [-0.3, -0.25) is 0 Å². The monoisotopic (exact) mass is 342 g/mol. The summed E-state index contributed by atoms with van der Waals surface area (Å²) in [5.74, 6) is 0.697. The minimum absolute atomic E-state index is 0.0806. The van der Waals surface area contributed by atoms with Gasteiger partial charge in [0.15, 0.2) is 5.03 Å². The third-order valence-corrected chi connectivity index (χ3v) is 5.85. The lowest BCUT2D eigenvalue weighted by molar-refractivity contribution is 0.467. The lowest BCUT2D eigenvalue weighted by Gasteiger charge is -2.38. The average molecular weight is 342 g/mol. The predicted molar refractivity (Wildman–Crippen MR) is 83.6 cm³/mol. The number of hydrogen-bond donors (Lipinski definition) is 1. The second kappa shape index (κ2) is 5.60. The predicted octanol–water partition coefficient (Wildman–Crippen LogP) is 0.538. The Labute approximate surface area is 133 Å². The van der Waals surface area contributed by atoms with Crippen molar-refractivity contribution in [2.24, 2.45) is 0 Å². The highest BCUT2D eigenvalue weighted by atomic mass is 32.2. The highest BCUT2D eigenvalue weighted by Gasteiger charge is 2.33. The summed E-state index contributed by atoms with van der Waals surface area (Å²) < 4.78 is 29.2. The standard InChI is InChI=1S/C12H18N6O2S2/c1-4-17-7-11(13-8(17)2)22(19,20)16-10-5-18(6-10)12-15-14-9(3)21-12/h7,10,16H,4-6H2,1-3H3. The normalized spacial score (nSPS) is 16.0. The van der Waals surface area contributed by atoms with Gasteiger partial charge >= 0.3 is 0 Å². The highest BCUT2D eigenvalue weighted by Crippen LogP contribution is 2.25. The molecule has 0 saturated carbocycles. The van der Waals surface area contributed by atoms with Crippen molar-refractivity contribution >= 4 is 26.5 Å². The summed E-state index contributed by atoms with van der Waals surface area (Å²) in [5, 5.41) is 9.83. The van der Waals surface area contributed by atoms with Gasteiger partial charge in [-0.15, -0.1) is 10.2 Å². The molecule has 1 aliphatic rings. The van der Waals surface area contributed by atoms with Crippen molar-refractivity contribution in [3.63, 3.8) is 0 Å². The van der Waals surface area contributed by atoms with Crippen LogP contribution in [0.15, 0.2) is 11.2 Å². The van der Waals surface area contributed by atoms with Crippen LogP contribution in [0, 0.1) is 13.8 Å². The molecule has 2 aromatic rings. The molecule has 10 heteroatoms. The highest BCUT2D eigenvalue weighted by molar-refractivity contribution is 7.89. The van der Waals surface area contributed by atoms with Crippen LogP contribution in [0.1, 0.15) is 17.8 Å². The van der Waals surface area contributed by atoms with Gasteiger partial charge in [-0.05, 0) is 20.8 Å². The van der Waals surface area contributed by atoms with Crippen LogP contribution in [-0.4, -0.2) is 47.3 Å². The van der Waals surface area contributed by atoms with Crippen molar-refractivity contribution < 1.29 is 8.42 Å². The third kappa shape index (κ3) is 2.85. The zero-order valence-corrected chi connectivity index (χ0v) is 14.3. The van der Waals surface area contributed by atoms with E-state index in [0.717, 1.165) is 10.1 Å². The molecule has 0 spiro atoms. The summed E-state index contributed by atoms with van der Waals surface area (Å²) in [6.07, 6.45) is 1.57. The van der Waals surface area contributed by atoms with Crippen LogP contribution >= 0.6 is 11.3 Å². The van der Waals surface area contributed by atoms with E-state index in [1.807, 2.05) is 23.3 Å². The zero-order chi connectivity index (χ0) is 15.9. The number of nitrogens with zero attached hydrogens (tertiary/aromatic N) is 5. The van der Waals surface area contributed by atoms with Gasteiger partial charge in [-0.1, -0.05) is 11.3 Å². The van der Waals surface area contributed by atoms with Gasteiger partial charge in [0, 0.05) is 25.8 Å². The van der Waals surface area contributed by atoms with Crippen molar-refractivity contribution in [1.82, 2.24) is 24.5 Å². The third-order valence-electron chi connectivity index (χ3n) is 3.56. The quantitative estimate of drug-likeness (QED) is 0.852. The fraction of sp³-hybridized carbons (Fsp3) is 0.583. The number of imidazole rings is 1. The van der Waals surface area contributed by atoms with Crippen LogP contribution in [0.5, 0.6) is 0 Å². The Morgan fingerprint density at radius 3 is 2.64 bits per heavy atom. The maximum absolute atomic E-state index is 12.3. The molecule has 0 unspecified atom stereocenters. The summed E-state index contributed by atoms with van der Waals surface area (Å²) in [6, 6.07) is -0.124. The van der Waals surface area contributed by atoms with E-state index in [2.05, 4.69) is 19.9 Å². The minimum Gasteiger partial charge on any atom is -0.343 e. The molecule has 1 saturated heterocycles. The van der Waals surface area contributed by atoms with Gasteiger partial charge < -0.3 is 9.47 Å². The number of aryl methyl sites for hydroxylation is 3. The maximum Gasteiger partial charge on any atom is 0.259 e. The molecule has 0 aliphatic carbocycles. The number of hydrogen-bond acceptors (Lipinski definition) is 7. The van der Waals surface area contributed by atoms with E-state index in [0.29, 0.717) is 25.5 Å². The Morgan fingerprint density at radius 1 is 1.36 bits per heavy atom. The van der Waals surface area contributed by atoms with E-state index >= 15 is 0 Å². The van der Waals surface area contributed by atoms with Gasteiger partial charge in [0.2, 0.25) is 5.13 Å². The Kier molecular flexibility index (Phi) is 3.91. The van der Waals surface area contributed by atoms with Crippen LogP contribution in [0.3, 0.4) is 0 Å².